The van der Waals surface area contributed by atoms with Gasteiger partial charge in [0.1, 0.15) is 28.1 Å². The topological polar surface area (TPSA) is 325 Å². The number of nitrogens with one attached hydrogen (secondary N) is 3. The van der Waals surface area contributed by atoms with Crippen LogP contribution in [-0.2, 0) is 37.9 Å². The number of amidine groups is 1. The summed E-state index contributed by atoms with van der Waals surface area (Å²) in [5.41, 5.74) is 16.4. The monoisotopic (exact) mass is 1920 g/mol. The molecule has 0 spiro atoms. The minimum absolute atomic E-state index is 0.000451. The van der Waals surface area contributed by atoms with Crippen molar-refractivity contribution in [2.45, 2.75) is 178 Å². The molecule has 5 aromatic carbocycles. The fourth-order valence-electron chi connectivity index (χ4n) is 18.9. The Labute approximate surface area is 793 Å². The second-order valence-corrected chi connectivity index (χ2v) is 42.0. The van der Waals surface area contributed by atoms with E-state index >= 15 is 0 Å². The third kappa shape index (κ3) is 23.4. The van der Waals surface area contributed by atoms with Gasteiger partial charge < -0.3 is 70.6 Å². The number of fused-ring (bicyclic) bond motifs is 11. The summed E-state index contributed by atoms with van der Waals surface area (Å²) in [6.45, 7) is 18.7. The SMILES string of the molecule is CN(C)C(On1nnc2ccccc21)=[N+](C)C.CN1CCNCC1.CN1CCOCC1.COc1ccc2c(c1)C=C(c1c(C(=O)N3CCN(C)CC3)cnn1C1CCC1)Cn1c-2c(C2CCCCC2)c2ccc(C(=O)NS(=O)(=O)C(C)C)cc21.COc1ccc2c(c1)C=C(c1c(C(=O)O)cnn1C1CCC1)Cn1c-2c(C2CCCCC2)c2ccc(C(=O)NS(=O)(=O)C(C)C)cc21.F[B-](F)(F)F. The number of amides is 3. The first-order valence-electron chi connectivity index (χ1n) is 47.3. The Balaban J connectivity index is 0.000000160. The van der Waals surface area contributed by atoms with Gasteiger partial charge in [0.05, 0.1) is 132 Å². The number of sulfonamides is 2. The van der Waals surface area contributed by atoms with Crippen LogP contribution in [0.25, 0.3) is 78.7 Å². The van der Waals surface area contributed by atoms with E-state index in [1.165, 1.54) is 61.9 Å². The largest absolute Gasteiger partial charge is 0.673 e. The summed E-state index contributed by atoms with van der Waals surface area (Å²) in [5, 5.41) is 31.7. The molecule has 0 unspecified atom stereocenters. The molecule has 19 rings (SSSR count). The number of halogens is 4. The number of hydrogen-bond acceptors (Lipinski definition) is 20. The van der Waals surface area contributed by atoms with Crippen molar-refractivity contribution in [1.29, 1.82) is 0 Å². The zero-order valence-electron chi connectivity index (χ0n) is 80.2. The second kappa shape index (κ2) is 44.0. The van der Waals surface area contributed by atoms with E-state index in [2.05, 4.69) is 110 Å². The highest BCUT2D eigenvalue weighted by atomic mass is 32.2. The van der Waals surface area contributed by atoms with Crippen molar-refractivity contribution in [2.24, 2.45) is 0 Å². The van der Waals surface area contributed by atoms with E-state index in [1.807, 2.05) is 108 Å². The van der Waals surface area contributed by atoms with E-state index in [9.17, 15) is 58.4 Å². The molecule has 10 aromatic rings. The van der Waals surface area contributed by atoms with Crippen LogP contribution in [0.4, 0.5) is 17.3 Å². The highest BCUT2D eigenvalue weighted by Crippen LogP contribution is 2.52. The van der Waals surface area contributed by atoms with E-state index in [0.717, 1.165) is 231 Å². The number of benzene rings is 5. The number of carboxylic acids is 1. The number of hydrogen-bond donors (Lipinski definition) is 4. The lowest BCUT2D eigenvalue weighted by molar-refractivity contribution is -0.480. The van der Waals surface area contributed by atoms with Crippen LogP contribution in [0.2, 0.25) is 0 Å². The van der Waals surface area contributed by atoms with E-state index < -0.39 is 55.6 Å². The molecule has 3 amide bonds. The smallest absolute Gasteiger partial charge is 0.497 e. The lowest BCUT2D eigenvalue weighted by Gasteiger charge is -2.33. The van der Waals surface area contributed by atoms with Crippen molar-refractivity contribution in [2.75, 3.05) is 142 Å². The summed E-state index contributed by atoms with van der Waals surface area (Å²) in [6, 6.07) is 31.9. The lowest BCUT2D eigenvalue weighted by Crippen LogP contribution is -2.47. The number of aromatic carboxylic acids is 1. The number of carboxylic acid groups (broad SMARTS) is 1. The fraction of sp³-hybridized carbons (Fsp3) is 0.500. The first-order valence-corrected chi connectivity index (χ1v) is 50.4. The van der Waals surface area contributed by atoms with Crippen molar-refractivity contribution in [3.05, 3.63) is 165 Å². The van der Waals surface area contributed by atoms with Gasteiger partial charge in [0.15, 0.2) is 0 Å². The van der Waals surface area contributed by atoms with Crippen LogP contribution < -0.4 is 29.1 Å². The molecule has 7 fully saturated rings. The Morgan fingerprint density at radius 2 is 0.993 bits per heavy atom. The number of para-hydroxylation sites is 1. The van der Waals surface area contributed by atoms with E-state index in [-0.39, 0.29) is 34.7 Å². The maximum Gasteiger partial charge on any atom is 0.673 e. The zero-order chi connectivity index (χ0) is 97.2. The van der Waals surface area contributed by atoms with Crippen LogP contribution in [-0.4, -0.2) is 285 Å². The summed E-state index contributed by atoms with van der Waals surface area (Å²) in [4.78, 5) is 71.7. The minimum atomic E-state index is -6.00. The molecule has 4 saturated carbocycles. The third-order valence-corrected chi connectivity index (χ3v) is 30.4. The molecule has 5 aliphatic heterocycles. The van der Waals surface area contributed by atoms with Gasteiger partial charge in [0, 0.05) is 110 Å². The molecule has 732 valence electrons. The number of allylic oxidation sites excluding steroid dienone is 2. The number of carbonyl (C=O) groups excluding carboxylic acids is 3. The number of aromatic nitrogens is 9. The zero-order valence-corrected chi connectivity index (χ0v) is 81.8. The predicted octanol–water partition coefficient (Wildman–Crippen LogP) is 14.5. The standard InChI is InChI=1S/C41H50N6O5S.C36H40N4O6S.C11H16N5O.C5H12N2.C5H11NO.BF4/c1-26(2)53(50,51)43-40(48)28-13-15-34-36(23-28)46-25-30(21-29-22-32(52-4)14-16-33(29)39(46)37(34)27-9-6-5-7-10-27)38-35(24-42-47(38)31-11-8-12-31)41(49)45-19-17-44(3)18-20-45;1-21(2)47(44,45)38-35(41)23-12-14-29-31(18-23)39-20-25(33-30(36(42)43)19-37-40(33)26-10-7-11-26)16-24-17-27(46-3)13-15-28(24)34(39)32(29)22-8-5-4-6-9-22;1-14(2)11(15(3)4)17-16-10-8-6-5-7-9(10)12-13-16;1-7-4-2-6-3-5-7;1-6-2-4-7-5-3-6;2-1(3,4)5/h13-16,21-24,26-27,31H,5-12,17-20,25H2,1-4H3,(H,43,48);12-19,21-22,26H,4-11,20H2,1-3H3,(H,38,41)(H,42,43);5-8H,1-4H3;6H,2-5H2,1H3;2-5H2,1H3;/q;;+1;;;-1. The first kappa shape index (κ1) is 101. The van der Waals surface area contributed by atoms with Crippen molar-refractivity contribution in [3.8, 4) is 34.0 Å². The Hall–Kier alpha value is -11.3. The van der Waals surface area contributed by atoms with E-state index in [4.69, 9.17) is 24.1 Å². The van der Waals surface area contributed by atoms with Gasteiger partial charge in [-0.2, -0.15) is 10.2 Å². The van der Waals surface area contributed by atoms with Gasteiger partial charge in [-0.3, -0.25) is 28.6 Å². The predicted molar refractivity (Wildman–Crippen MR) is 523 cm³/mol. The molecule has 0 bridgehead atoms. The molecule has 10 heterocycles. The average molecular weight is 1920 g/mol. The van der Waals surface area contributed by atoms with Crippen LogP contribution in [0.1, 0.15) is 229 Å². The molecule has 4 N–H and O–H groups in total. The summed E-state index contributed by atoms with van der Waals surface area (Å²) in [6.07, 6.45) is 24.8. The fourth-order valence-corrected chi connectivity index (χ4v) is 20.1. The first-order chi connectivity index (χ1) is 65.0. The van der Waals surface area contributed by atoms with Gasteiger partial charge in [0.25, 0.3) is 17.7 Å². The van der Waals surface area contributed by atoms with Gasteiger partial charge in [-0.15, -0.1) is 5.10 Å². The summed E-state index contributed by atoms with van der Waals surface area (Å²) in [5.74, 6) is -0.291. The van der Waals surface area contributed by atoms with Crippen LogP contribution in [0.3, 0.4) is 0 Å². The lowest BCUT2D eigenvalue weighted by atomic mass is 9.81. The highest BCUT2D eigenvalue weighted by molar-refractivity contribution is 7.90. The molecule has 9 aliphatic rings. The Morgan fingerprint density at radius 3 is 1.39 bits per heavy atom. The van der Waals surface area contributed by atoms with E-state index in [1.54, 1.807) is 52.5 Å². The minimum Gasteiger partial charge on any atom is -0.497 e. The van der Waals surface area contributed by atoms with E-state index in [0.29, 0.717) is 61.0 Å². The number of carbonyl (C=O) groups is 4. The van der Waals surface area contributed by atoms with Gasteiger partial charge in [-0.05, 0) is 248 Å². The summed E-state index contributed by atoms with van der Waals surface area (Å²) >= 11 is 0. The molecule has 136 heavy (non-hydrogen) atoms. The van der Waals surface area contributed by atoms with Gasteiger partial charge in [-0.25, -0.2) is 40.5 Å². The maximum absolute atomic E-state index is 14.4. The molecular formula is C98H129BF4N18O13S2. The van der Waals surface area contributed by atoms with Gasteiger partial charge in [-0.1, -0.05) is 67.6 Å². The van der Waals surface area contributed by atoms with Crippen LogP contribution in [0.5, 0.6) is 11.5 Å². The number of piperazine rings is 2. The van der Waals surface area contributed by atoms with Crippen LogP contribution in [0, 0.1) is 0 Å². The number of likely N-dealkylation sites (N-methyl/N-ethyl adjacent to an activating group) is 3. The summed E-state index contributed by atoms with van der Waals surface area (Å²) in [7, 11) is 3.64. The average Bonchev–Trinajstić information content (AvgIpc) is 1.57. The molecule has 0 radical (unpaired) electrons. The molecule has 38 heteroatoms. The number of methoxy groups -OCH3 is 2. The Bertz CT molecular complexity index is 6290. The summed E-state index contributed by atoms with van der Waals surface area (Å²) < 4.78 is 121. The Morgan fingerprint density at radius 1 is 0.551 bits per heavy atom. The molecule has 4 aliphatic carbocycles. The number of morpholine rings is 1. The quantitative estimate of drug-likeness (QED) is 0.0216. The van der Waals surface area contributed by atoms with Crippen molar-refractivity contribution < 1.29 is 82.0 Å². The van der Waals surface area contributed by atoms with Crippen molar-refractivity contribution >= 4 is 113 Å². The number of ether oxygens (including phenoxy) is 3. The molecule has 31 nitrogen and oxygen atoms in total. The molecule has 3 saturated heterocycles. The molecule has 5 aromatic heterocycles. The highest BCUT2D eigenvalue weighted by Gasteiger charge is 2.39. The van der Waals surface area contributed by atoms with Gasteiger partial charge in [0.2, 0.25) is 20.0 Å². The number of rotatable bonds is 17. The van der Waals surface area contributed by atoms with Crippen molar-refractivity contribution in [3.63, 3.8) is 0 Å². The van der Waals surface area contributed by atoms with Crippen molar-refractivity contribution in [1.82, 2.24) is 83.1 Å². The third-order valence-electron chi connectivity index (χ3n) is 26.9. The molecule has 0 atom stereocenters. The van der Waals surface area contributed by atoms with Crippen LogP contribution >= 0.6 is 0 Å². The number of nitrogens with zero attached hydrogens (tertiary/aromatic N) is 15. The molecular weight excluding hydrogens is 1790 g/mol. The Kier molecular flexibility index (Phi) is 32.6. The maximum atomic E-state index is 14.4. The second-order valence-electron chi connectivity index (χ2n) is 37.5. The van der Waals surface area contributed by atoms with Gasteiger partial charge >= 0.3 is 19.2 Å². The normalized spacial score (nSPS) is 17.5. The van der Waals surface area contributed by atoms with Crippen LogP contribution in [0.15, 0.2) is 109 Å².